The molecular formula is C21H24N6O3. The maximum atomic E-state index is 12.7. The second-order valence-electron chi connectivity index (χ2n) is 7.31. The summed E-state index contributed by atoms with van der Waals surface area (Å²) < 4.78 is 13.0. The van der Waals surface area contributed by atoms with Gasteiger partial charge in [0.05, 0.1) is 12.5 Å². The third kappa shape index (κ3) is 4.08. The van der Waals surface area contributed by atoms with Gasteiger partial charge in [-0.2, -0.15) is 15.3 Å². The fraction of sp³-hybridized carbons (Fsp3) is 0.429. The third-order valence-electron chi connectivity index (χ3n) is 5.29. The summed E-state index contributed by atoms with van der Waals surface area (Å²) in [5.74, 6) is 1.83. The number of piperidine rings is 1. The molecule has 3 aromatic heterocycles. The van der Waals surface area contributed by atoms with Crippen LogP contribution in [0, 0.1) is 17.2 Å². The highest BCUT2D eigenvalue weighted by Gasteiger charge is 2.29. The fourth-order valence-corrected chi connectivity index (χ4v) is 3.60. The van der Waals surface area contributed by atoms with Crippen LogP contribution in [0.2, 0.25) is 0 Å². The third-order valence-corrected chi connectivity index (χ3v) is 5.29. The minimum absolute atomic E-state index is 0.00208. The maximum Gasteiger partial charge on any atom is 0.266 e. The number of amides is 1. The molecule has 0 atom stereocenters. The Morgan fingerprint density at radius 1 is 1.37 bits per heavy atom. The lowest BCUT2D eigenvalue weighted by atomic mass is 9.96. The molecule has 0 bridgehead atoms. The normalized spacial score (nSPS) is 14.6. The van der Waals surface area contributed by atoms with Crippen molar-refractivity contribution >= 4 is 17.6 Å². The molecule has 1 fully saturated rings. The van der Waals surface area contributed by atoms with Crippen LogP contribution in [-0.4, -0.2) is 33.8 Å². The molecule has 0 aliphatic carbocycles. The number of carbonyl (C=O) groups is 1. The van der Waals surface area contributed by atoms with Crippen LogP contribution in [0.15, 0.2) is 39.5 Å². The van der Waals surface area contributed by atoms with E-state index in [4.69, 9.17) is 8.83 Å². The average molecular weight is 408 g/mol. The summed E-state index contributed by atoms with van der Waals surface area (Å²) in [6, 6.07) is 7.38. The van der Waals surface area contributed by atoms with E-state index in [2.05, 4.69) is 28.4 Å². The molecule has 0 spiro atoms. The van der Waals surface area contributed by atoms with Gasteiger partial charge < -0.3 is 19.1 Å². The summed E-state index contributed by atoms with van der Waals surface area (Å²) in [7, 11) is 0. The summed E-state index contributed by atoms with van der Waals surface area (Å²) in [6.07, 6.45) is 6.65. The van der Waals surface area contributed by atoms with Gasteiger partial charge in [-0.15, -0.1) is 0 Å². The Bertz CT molecular complexity index is 1020. The van der Waals surface area contributed by atoms with Gasteiger partial charge in [0.25, 0.3) is 5.89 Å². The van der Waals surface area contributed by atoms with Crippen LogP contribution >= 0.6 is 0 Å². The van der Waals surface area contributed by atoms with Crippen molar-refractivity contribution < 1.29 is 13.6 Å². The highest BCUT2D eigenvalue weighted by atomic mass is 16.4. The molecule has 1 amide bonds. The molecule has 0 radical (unpaired) electrons. The van der Waals surface area contributed by atoms with E-state index < -0.39 is 0 Å². The van der Waals surface area contributed by atoms with Gasteiger partial charge in [-0.1, -0.05) is 13.3 Å². The fourth-order valence-electron chi connectivity index (χ4n) is 3.60. The molecule has 4 heterocycles. The van der Waals surface area contributed by atoms with Gasteiger partial charge in [0, 0.05) is 31.6 Å². The van der Waals surface area contributed by atoms with Crippen LogP contribution < -0.4 is 10.2 Å². The number of nitrogens with zero attached hydrogens (tertiary/aromatic N) is 5. The number of aryl methyl sites for hydroxylation is 1. The van der Waals surface area contributed by atoms with Gasteiger partial charge >= 0.3 is 0 Å². The molecule has 1 N–H and O–H groups in total. The smallest absolute Gasteiger partial charge is 0.266 e. The summed E-state index contributed by atoms with van der Waals surface area (Å²) in [4.78, 5) is 18.9. The van der Waals surface area contributed by atoms with E-state index in [1.54, 1.807) is 18.3 Å². The zero-order chi connectivity index (χ0) is 20.9. The predicted molar refractivity (Wildman–Crippen MR) is 110 cm³/mol. The van der Waals surface area contributed by atoms with E-state index in [0.717, 1.165) is 25.2 Å². The first-order valence-electron chi connectivity index (χ1n) is 10.2. The molecular weight excluding hydrogens is 384 g/mol. The molecule has 156 valence electrons. The Morgan fingerprint density at radius 3 is 2.90 bits per heavy atom. The number of hydrogen-bond donors (Lipinski definition) is 1. The van der Waals surface area contributed by atoms with Gasteiger partial charge in [-0.25, -0.2) is 4.68 Å². The van der Waals surface area contributed by atoms with Gasteiger partial charge in [0.1, 0.15) is 11.9 Å². The van der Waals surface area contributed by atoms with Crippen LogP contribution in [0.3, 0.4) is 0 Å². The van der Waals surface area contributed by atoms with E-state index >= 15 is 0 Å². The number of unbranched alkanes of at least 4 members (excludes halogenated alkanes) is 1. The van der Waals surface area contributed by atoms with Crippen molar-refractivity contribution in [2.45, 2.75) is 39.2 Å². The largest absolute Gasteiger partial charge is 0.459 e. The molecule has 1 saturated heterocycles. The van der Waals surface area contributed by atoms with Gasteiger partial charge in [0.2, 0.25) is 17.5 Å². The highest BCUT2D eigenvalue weighted by molar-refractivity contribution is 5.91. The number of furan rings is 1. The molecule has 1 aliphatic rings. The van der Waals surface area contributed by atoms with Crippen LogP contribution in [0.1, 0.15) is 38.3 Å². The molecule has 0 aromatic carbocycles. The van der Waals surface area contributed by atoms with Gasteiger partial charge in [-0.3, -0.25) is 4.79 Å². The van der Waals surface area contributed by atoms with Crippen molar-refractivity contribution in [1.82, 2.24) is 14.8 Å². The first kappa shape index (κ1) is 19.8. The first-order chi connectivity index (χ1) is 14.7. The minimum atomic E-state index is -0.103. The van der Waals surface area contributed by atoms with E-state index in [1.807, 2.05) is 15.6 Å². The lowest BCUT2D eigenvalue weighted by Crippen LogP contribution is -2.38. The molecule has 9 nitrogen and oxygen atoms in total. The number of nitrogens with one attached hydrogen (secondary N) is 1. The number of nitriles is 1. The number of aromatic nitrogens is 3. The first-order valence-corrected chi connectivity index (χ1v) is 10.2. The van der Waals surface area contributed by atoms with Crippen LogP contribution in [-0.2, 0) is 11.3 Å². The Balaban J connectivity index is 1.38. The summed E-state index contributed by atoms with van der Waals surface area (Å²) in [5.41, 5.74) is 0.226. The number of hydrogen-bond acceptors (Lipinski definition) is 7. The maximum absolute atomic E-state index is 12.7. The van der Waals surface area contributed by atoms with E-state index in [1.165, 1.54) is 6.26 Å². The van der Waals surface area contributed by atoms with Crippen molar-refractivity contribution in [2.24, 2.45) is 5.92 Å². The Labute approximate surface area is 174 Å². The molecule has 9 heteroatoms. The number of anilines is 2. The van der Waals surface area contributed by atoms with E-state index in [9.17, 15) is 10.1 Å². The second kappa shape index (κ2) is 8.86. The number of rotatable bonds is 7. The highest BCUT2D eigenvalue weighted by Crippen LogP contribution is 2.31. The molecule has 3 aromatic rings. The van der Waals surface area contributed by atoms with Gasteiger partial charge in [-0.05, 0) is 31.4 Å². The van der Waals surface area contributed by atoms with Crippen molar-refractivity contribution in [3.8, 4) is 17.7 Å². The number of carbonyl (C=O) groups excluding carboxylic acids is 1. The van der Waals surface area contributed by atoms with Crippen molar-refractivity contribution in [3.05, 3.63) is 36.4 Å². The van der Waals surface area contributed by atoms with Crippen molar-refractivity contribution in [3.63, 3.8) is 0 Å². The molecule has 0 saturated carbocycles. The van der Waals surface area contributed by atoms with Crippen molar-refractivity contribution in [2.75, 3.05) is 23.3 Å². The molecule has 0 unspecified atom stereocenters. The predicted octanol–water partition coefficient (Wildman–Crippen LogP) is 3.66. The Kier molecular flexibility index (Phi) is 5.84. The number of oxazole rings is 1. The quantitative estimate of drug-likeness (QED) is 0.635. The van der Waals surface area contributed by atoms with Crippen LogP contribution in [0.5, 0.6) is 0 Å². The molecule has 4 rings (SSSR count). The molecule has 1 aliphatic heterocycles. The van der Waals surface area contributed by atoms with E-state index in [0.29, 0.717) is 37.6 Å². The summed E-state index contributed by atoms with van der Waals surface area (Å²) in [6.45, 7) is 4.13. The van der Waals surface area contributed by atoms with Crippen LogP contribution in [0.25, 0.3) is 11.7 Å². The van der Waals surface area contributed by atoms with Crippen LogP contribution in [0.4, 0.5) is 11.7 Å². The monoisotopic (exact) mass is 408 g/mol. The SMILES string of the molecule is CCCCn1nccc1NC(=O)C1CCN(c2oc(-c3ccco3)nc2C#N)CC1. The zero-order valence-electron chi connectivity index (χ0n) is 16.9. The average Bonchev–Trinajstić information content (AvgIpc) is 3.52. The zero-order valence-corrected chi connectivity index (χ0v) is 16.9. The Morgan fingerprint density at radius 2 is 2.20 bits per heavy atom. The van der Waals surface area contributed by atoms with Gasteiger partial charge in [0.15, 0.2) is 5.76 Å². The van der Waals surface area contributed by atoms with E-state index in [-0.39, 0.29) is 23.4 Å². The Hall–Kier alpha value is -3.54. The minimum Gasteiger partial charge on any atom is -0.459 e. The lowest BCUT2D eigenvalue weighted by Gasteiger charge is -2.30. The topological polar surface area (TPSA) is 113 Å². The van der Waals surface area contributed by atoms with Crippen molar-refractivity contribution in [1.29, 1.82) is 5.26 Å². The summed E-state index contributed by atoms with van der Waals surface area (Å²) in [5, 5.41) is 16.7. The standard InChI is InChI=1S/C21H24N6O3/c1-2-3-10-27-18(6-9-23-27)25-19(28)15-7-11-26(12-8-15)21-16(14-22)24-20(30-21)17-5-4-13-29-17/h4-6,9,13,15H,2-3,7-8,10-12H2,1H3,(H,25,28). The molecule has 30 heavy (non-hydrogen) atoms. The second-order valence-corrected chi connectivity index (χ2v) is 7.31. The summed E-state index contributed by atoms with van der Waals surface area (Å²) >= 11 is 0. The lowest BCUT2D eigenvalue weighted by molar-refractivity contribution is -0.120.